The Balaban J connectivity index is 1.32. The van der Waals surface area contributed by atoms with Crippen LogP contribution in [0.15, 0.2) is 49.1 Å². The zero-order valence-corrected chi connectivity index (χ0v) is 16.9. The van der Waals surface area contributed by atoms with E-state index in [1.807, 2.05) is 39.7 Å². The van der Waals surface area contributed by atoms with Crippen molar-refractivity contribution >= 4 is 18.0 Å². The van der Waals surface area contributed by atoms with Crippen LogP contribution in [-0.4, -0.2) is 55.4 Å². The Morgan fingerprint density at radius 3 is 2.69 bits per heavy atom. The zero-order valence-electron chi connectivity index (χ0n) is 16.1. The fourth-order valence-electron chi connectivity index (χ4n) is 3.37. The SMILES string of the molecule is N#Cc1ccnc(N2CCN(Cn3ncn(CCc4ccccn4)c3=S)CC2)c1. The highest BCUT2D eigenvalue weighted by Crippen LogP contribution is 2.15. The van der Waals surface area contributed by atoms with E-state index in [1.54, 1.807) is 18.6 Å². The topological polar surface area (TPSA) is 78.8 Å². The standard InChI is InChI=1S/C20H22N8S/c21-14-17-4-7-23-19(13-17)26-11-9-25(10-12-26)16-28-20(29)27(15-24-28)8-5-18-3-1-2-6-22-18/h1-4,6-7,13,15H,5,8-12,16H2. The van der Waals surface area contributed by atoms with Crippen molar-refractivity contribution in [3.63, 3.8) is 0 Å². The van der Waals surface area contributed by atoms with E-state index >= 15 is 0 Å². The molecule has 8 nitrogen and oxygen atoms in total. The quantitative estimate of drug-likeness (QED) is 0.580. The van der Waals surface area contributed by atoms with Gasteiger partial charge in [0.15, 0.2) is 4.77 Å². The van der Waals surface area contributed by atoms with Gasteiger partial charge in [0.05, 0.1) is 18.3 Å². The molecule has 0 atom stereocenters. The number of rotatable bonds is 6. The first-order valence-electron chi connectivity index (χ1n) is 9.58. The third kappa shape index (κ3) is 4.67. The van der Waals surface area contributed by atoms with Crippen molar-refractivity contribution in [1.82, 2.24) is 29.2 Å². The summed E-state index contributed by atoms with van der Waals surface area (Å²) >= 11 is 5.60. The average molecular weight is 407 g/mol. The van der Waals surface area contributed by atoms with Gasteiger partial charge < -0.3 is 9.47 Å². The molecule has 1 aliphatic rings. The van der Waals surface area contributed by atoms with Gasteiger partial charge in [0.2, 0.25) is 0 Å². The van der Waals surface area contributed by atoms with Gasteiger partial charge in [-0.05, 0) is 36.5 Å². The molecule has 0 N–H and O–H groups in total. The summed E-state index contributed by atoms with van der Waals surface area (Å²) in [4.78, 5) is 13.3. The predicted molar refractivity (Wildman–Crippen MR) is 112 cm³/mol. The molecule has 1 fully saturated rings. The van der Waals surface area contributed by atoms with Crippen LogP contribution in [0.5, 0.6) is 0 Å². The second-order valence-electron chi connectivity index (χ2n) is 6.94. The lowest BCUT2D eigenvalue weighted by molar-refractivity contribution is 0.193. The number of hydrogen-bond donors (Lipinski definition) is 0. The molecule has 3 aromatic heterocycles. The van der Waals surface area contributed by atoms with Crippen molar-refractivity contribution in [3.05, 3.63) is 65.1 Å². The molecule has 1 saturated heterocycles. The van der Waals surface area contributed by atoms with Gasteiger partial charge in [-0.1, -0.05) is 6.07 Å². The fourth-order valence-corrected chi connectivity index (χ4v) is 3.62. The molecule has 3 aromatic rings. The zero-order chi connectivity index (χ0) is 20.1. The van der Waals surface area contributed by atoms with E-state index in [0.717, 1.165) is 55.4 Å². The van der Waals surface area contributed by atoms with Crippen LogP contribution in [0.2, 0.25) is 0 Å². The predicted octanol–water partition coefficient (Wildman–Crippen LogP) is 2.10. The Labute approximate surface area is 174 Å². The second-order valence-corrected chi connectivity index (χ2v) is 7.30. The molecular weight excluding hydrogens is 384 g/mol. The van der Waals surface area contributed by atoms with Crippen LogP contribution in [0.1, 0.15) is 11.3 Å². The van der Waals surface area contributed by atoms with E-state index < -0.39 is 0 Å². The minimum Gasteiger partial charge on any atom is -0.354 e. The molecule has 0 aromatic carbocycles. The van der Waals surface area contributed by atoms with Gasteiger partial charge in [0.1, 0.15) is 12.1 Å². The lowest BCUT2D eigenvalue weighted by atomic mass is 10.2. The Morgan fingerprint density at radius 2 is 1.93 bits per heavy atom. The molecule has 29 heavy (non-hydrogen) atoms. The van der Waals surface area contributed by atoms with Crippen molar-refractivity contribution in [2.75, 3.05) is 31.1 Å². The lowest BCUT2D eigenvalue weighted by Gasteiger charge is -2.35. The van der Waals surface area contributed by atoms with E-state index in [9.17, 15) is 0 Å². The van der Waals surface area contributed by atoms with Crippen LogP contribution >= 0.6 is 12.2 Å². The second kappa shape index (κ2) is 8.94. The first kappa shape index (κ1) is 19.2. The molecule has 4 rings (SSSR count). The van der Waals surface area contributed by atoms with E-state index in [-0.39, 0.29) is 0 Å². The molecule has 4 heterocycles. The summed E-state index contributed by atoms with van der Waals surface area (Å²) in [6.07, 6.45) is 6.13. The Hall–Kier alpha value is -3.09. The number of anilines is 1. The fraction of sp³-hybridized carbons (Fsp3) is 0.350. The van der Waals surface area contributed by atoms with Crippen molar-refractivity contribution in [1.29, 1.82) is 5.26 Å². The van der Waals surface area contributed by atoms with Gasteiger partial charge >= 0.3 is 0 Å². The maximum Gasteiger partial charge on any atom is 0.198 e. The number of aromatic nitrogens is 5. The van der Waals surface area contributed by atoms with Gasteiger partial charge in [-0.3, -0.25) is 9.88 Å². The number of aryl methyl sites for hydroxylation is 2. The smallest absolute Gasteiger partial charge is 0.198 e. The summed E-state index contributed by atoms with van der Waals surface area (Å²) < 4.78 is 4.60. The molecular formula is C20H22N8S. The normalized spacial score (nSPS) is 14.7. The molecule has 0 aliphatic carbocycles. The highest BCUT2D eigenvalue weighted by Gasteiger charge is 2.19. The summed E-state index contributed by atoms with van der Waals surface area (Å²) in [5.74, 6) is 0.860. The third-order valence-electron chi connectivity index (χ3n) is 5.04. The van der Waals surface area contributed by atoms with Gasteiger partial charge in [-0.2, -0.15) is 10.4 Å². The van der Waals surface area contributed by atoms with E-state index in [0.29, 0.717) is 12.2 Å². The molecule has 1 aliphatic heterocycles. The van der Waals surface area contributed by atoms with Gasteiger partial charge in [-0.15, -0.1) is 0 Å². The molecule has 0 unspecified atom stereocenters. The minimum absolute atomic E-state index is 0.639. The summed E-state index contributed by atoms with van der Waals surface area (Å²) in [5.41, 5.74) is 1.69. The monoisotopic (exact) mass is 406 g/mol. The van der Waals surface area contributed by atoms with Crippen molar-refractivity contribution in [2.24, 2.45) is 0 Å². The van der Waals surface area contributed by atoms with E-state index in [2.05, 4.69) is 30.9 Å². The molecule has 0 spiro atoms. The Morgan fingerprint density at radius 1 is 1.07 bits per heavy atom. The average Bonchev–Trinajstić information content (AvgIpc) is 3.13. The van der Waals surface area contributed by atoms with Crippen molar-refractivity contribution in [3.8, 4) is 6.07 Å². The third-order valence-corrected chi connectivity index (χ3v) is 5.48. The first-order valence-corrected chi connectivity index (χ1v) is 9.99. The Kier molecular flexibility index (Phi) is 5.93. The van der Waals surface area contributed by atoms with Gasteiger partial charge in [0.25, 0.3) is 0 Å². The first-order chi connectivity index (χ1) is 14.2. The highest BCUT2D eigenvalue weighted by atomic mass is 32.1. The van der Waals surface area contributed by atoms with Crippen LogP contribution in [0.4, 0.5) is 5.82 Å². The number of hydrogen-bond acceptors (Lipinski definition) is 7. The molecule has 148 valence electrons. The lowest BCUT2D eigenvalue weighted by Crippen LogP contribution is -2.47. The van der Waals surface area contributed by atoms with Crippen LogP contribution in [0.3, 0.4) is 0 Å². The summed E-state index contributed by atoms with van der Waals surface area (Å²) in [6, 6.07) is 11.7. The number of nitriles is 1. The number of pyridine rings is 2. The molecule has 0 saturated carbocycles. The number of nitrogens with zero attached hydrogens (tertiary/aromatic N) is 8. The van der Waals surface area contributed by atoms with Crippen LogP contribution in [-0.2, 0) is 19.6 Å². The molecule has 0 radical (unpaired) electrons. The molecule has 0 bridgehead atoms. The Bertz CT molecular complexity index is 1040. The van der Waals surface area contributed by atoms with Crippen LogP contribution in [0, 0.1) is 16.1 Å². The van der Waals surface area contributed by atoms with Crippen molar-refractivity contribution in [2.45, 2.75) is 19.6 Å². The van der Waals surface area contributed by atoms with E-state index in [4.69, 9.17) is 17.5 Å². The largest absolute Gasteiger partial charge is 0.354 e. The molecule has 9 heteroatoms. The summed E-state index contributed by atoms with van der Waals surface area (Å²) in [5, 5.41) is 13.5. The van der Waals surface area contributed by atoms with Crippen LogP contribution in [0.25, 0.3) is 0 Å². The van der Waals surface area contributed by atoms with Gasteiger partial charge in [-0.25, -0.2) is 9.67 Å². The van der Waals surface area contributed by atoms with Crippen molar-refractivity contribution < 1.29 is 0 Å². The maximum absolute atomic E-state index is 9.07. The number of piperazine rings is 1. The highest BCUT2D eigenvalue weighted by molar-refractivity contribution is 7.71. The summed E-state index contributed by atoms with van der Waals surface area (Å²) in [7, 11) is 0. The van der Waals surface area contributed by atoms with Crippen LogP contribution < -0.4 is 4.90 Å². The van der Waals surface area contributed by atoms with Gasteiger partial charge in [0, 0.05) is 57.2 Å². The minimum atomic E-state index is 0.639. The summed E-state index contributed by atoms with van der Waals surface area (Å²) in [6.45, 7) is 4.94. The molecule has 0 amide bonds. The maximum atomic E-state index is 9.07. The van der Waals surface area contributed by atoms with E-state index in [1.165, 1.54) is 0 Å².